The first-order valence-corrected chi connectivity index (χ1v) is 7.07. The first-order chi connectivity index (χ1) is 10.3. The monoisotopic (exact) mass is 286 g/mol. The van der Waals surface area contributed by atoms with Gasteiger partial charge in [-0.3, -0.25) is 4.79 Å². The number of nitrogens with zero attached hydrogens (tertiary/aromatic N) is 5. The van der Waals surface area contributed by atoms with Crippen molar-refractivity contribution in [3.63, 3.8) is 0 Å². The van der Waals surface area contributed by atoms with E-state index in [-0.39, 0.29) is 5.91 Å². The molecule has 1 aliphatic rings. The van der Waals surface area contributed by atoms with Crippen LogP contribution in [0.15, 0.2) is 30.6 Å². The lowest BCUT2D eigenvalue weighted by molar-refractivity contribution is 0.0703. The maximum atomic E-state index is 12.6. The Bertz CT molecular complexity index is 606. The van der Waals surface area contributed by atoms with E-state index in [1.54, 1.807) is 4.68 Å². The molecule has 1 fully saturated rings. The largest absolute Gasteiger partial charge is 0.339 e. The van der Waals surface area contributed by atoms with Crippen LogP contribution in [0.3, 0.4) is 0 Å². The molecule has 2 heterocycles. The Hall–Kier alpha value is -2.28. The van der Waals surface area contributed by atoms with Gasteiger partial charge in [-0.15, -0.1) is 5.10 Å². The van der Waals surface area contributed by atoms with E-state index >= 15 is 0 Å². The first-order valence-electron chi connectivity index (χ1n) is 7.07. The topological polar surface area (TPSA) is 75.9 Å². The predicted octanol–water partition coefficient (Wildman–Crippen LogP) is 0.486. The number of carbonyl (C=O) groups is 1. The fraction of sp³-hybridized carbons (Fsp3) is 0.429. The van der Waals surface area contributed by atoms with Crippen LogP contribution in [0.4, 0.5) is 0 Å². The number of carbonyl (C=O) groups excluding carboxylic acids is 1. The number of rotatable bonds is 3. The average molecular weight is 286 g/mol. The van der Waals surface area contributed by atoms with Crippen molar-refractivity contribution >= 4 is 5.91 Å². The number of aromatic nitrogens is 4. The highest BCUT2D eigenvalue weighted by atomic mass is 16.2. The van der Waals surface area contributed by atoms with Crippen LogP contribution in [0, 0.1) is 0 Å². The van der Waals surface area contributed by atoms with Gasteiger partial charge >= 0.3 is 0 Å². The molecule has 0 spiro atoms. The van der Waals surface area contributed by atoms with Gasteiger partial charge in [0.1, 0.15) is 6.33 Å². The second-order valence-electron chi connectivity index (χ2n) is 5.20. The maximum absolute atomic E-state index is 12.6. The number of nitrogens with one attached hydrogen (secondary N) is 1. The summed E-state index contributed by atoms with van der Waals surface area (Å²) in [7, 11) is 1.88. The van der Waals surface area contributed by atoms with Crippen molar-refractivity contribution in [2.75, 3.05) is 20.1 Å². The summed E-state index contributed by atoms with van der Waals surface area (Å²) in [6.07, 6.45) is 3.50. The van der Waals surface area contributed by atoms with Crippen LogP contribution >= 0.6 is 0 Å². The van der Waals surface area contributed by atoms with Gasteiger partial charge in [0.25, 0.3) is 5.91 Å². The summed E-state index contributed by atoms with van der Waals surface area (Å²) in [5.41, 5.74) is 1.44. The van der Waals surface area contributed by atoms with Gasteiger partial charge in [-0.05, 0) is 54.6 Å². The molecule has 110 valence electrons. The van der Waals surface area contributed by atoms with Gasteiger partial charge in [0.05, 0.1) is 5.69 Å². The number of hydrogen-bond donors (Lipinski definition) is 1. The third-order valence-corrected chi connectivity index (χ3v) is 3.88. The molecule has 0 atom stereocenters. The lowest BCUT2D eigenvalue weighted by atomic mass is 10.0. The Balaban J connectivity index is 1.79. The van der Waals surface area contributed by atoms with Gasteiger partial charge in [-0.1, -0.05) is 6.07 Å². The molecule has 1 aliphatic heterocycles. The third kappa shape index (κ3) is 2.92. The molecule has 1 aromatic heterocycles. The number of tetrazole rings is 1. The summed E-state index contributed by atoms with van der Waals surface area (Å²) in [6.45, 7) is 1.93. The zero-order valence-corrected chi connectivity index (χ0v) is 11.9. The maximum Gasteiger partial charge on any atom is 0.253 e. The Morgan fingerprint density at radius 2 is 2.19 bits per heavy atom. The molecule has 1 aromatic carbocycles. The minimum atomic E-state index is 0.0387. The van der Waals surface area contributed by atoms with Gasteiger partial charge in [-0.25, -0.2) is 4.68 Å². The first kappa shape index (κ1) is 13.7. The summed E-state index contributed by atoms with van der Waals surface area (Å²) in [5.74, 6) is 0.0387. The van der Waals surface area contributed by atoms with Crippen LogP contribution in [0.1, 0.15) is 23.2 Å². The quantitative estimate of drug-likeness (QED) is 0.888. The molecule has 2 aromatic rings. The van der Waals surface area contributed by atoms with E-state index in [1.165, 1.54) is 6.33 Å². The zero-order chi connectivity index (χ0) is 14.7. The molecule has 7 heteroatoms. The van der Waals surface area contributed by atoms with Gasteiger partial charge in [0.2, 0.25) is 0 Å². The summed E-state index contributed by atoms with van der Waals surface area (Å²) < 4.78 is 1.54. The number of amides is 1. The van der Waals surface area contributed by atoms with Crippen molar-refractivity contribution in [2.45, 2.75) is 18.9 Å². The number of piperidine rings is 1. The second kappa shape index (κ2) is 6.01. The van der Waals surface area contributed by atoms with Crippen LogP contribution in [-0.2, 0) is 0 Å². The van der Waals surface area contributed by atoms with Gasteiger partial charge in [-0.2, -0.15) is 0 Å². The highest BCUT2D eigenvalue weighted by Gasteiger charge is 2.23. The molecule has 7 nitrogen and oxygen atoms in total. The van der Waals surface area contributed by atoms with Crippen molar-refractivity contribution in [1.29, 1.82) is 0 Å². The number of benzene rings is 1. The Morgan fingerprint density at radius 1 is 1.38 bits per heavy atom. The Morgan fingerprint density at radius 3 is 2.90 bits per heavy atom. The zero-order valence-electron chi connectivity index (χ0n) is 11.9. The predicted molar refractivity (Wildman–Crippen MR) is 77.1 cm³/mol. The van der Waals surface area contributed by atoms with Gasteiger partial charge < -0.3 is 10.2 Å². The van der Waals surface area contributed by atoms with Gasteiger partial charge in [0, 0.05) is 18.7 Å². The summed E-state index contributed by atoms with van der Waals surface area (Å²) in [4.78, 5) is 14.5. The molecular formula is C14H18N6O. The standard InChI is InChI=1S/C14H18N6O/c1-19(12-5-7-15-8-6-12)14(21)11-3-2-4-13(9-11)20-10-16-17-18-20/h2-4,9-10,12,15H,5-8H2,1H3. The van der Waals surface area contributed by atoms with Crippen LogP contribution < -0.4 is 5.32 Å². The van der Waals surface area contributed by atoms with Crippen LogP contribution in [-0.4, -0.2) is 57.2 Å². The lowest BCUT2D eigenvalue weighted by Gasteiger charge is -2.31. The molecule has 1 saturated heterocycles. The van der Waals surface area contributed by atoms with Crippen LogP contribution in [0.2, 0.25) is 0 Å². The van der Waals surface area contributed by atoms with Crippen LogP contribution in [0.25, 0.3) is 5.69 Å². The SMILES string of the molecule is CN(C(=O)c1cccc(-n2cnnn2)c1)C1CCNCC1. The third-order valence-electron chi connectivity index (χ3n) is 3.88. The number of hydrogen-bond acceptors (Lipinski definition) is 5. The fourth-order valence-electron chi connectivity index (χ4n) is 2.62. The summed E-state index contributed by atoms with van der Waals surface area (Å²) >= 11 is 0. The summed E-state index contributed by atoms with van der Waals surface area (Å²) in [6, 6.07) is 7.66. The van der Waals surface area contributed by atoms with E-state index < -0.39 is 0 Å². The fourth-order valence-corrected chi connectivity index (χ4v) is 2.62. The van der Waals surface area contributed by atoms with Gasteiger partial charge in [0.15, 0.2) is 0 Å². The van der Waals surface area contributed by atoms with Crippen molar-refractivity contribution < 1.29 is 4.79 Å². The van der Waals surface area contributed by atoms with Crippen molar-refractivity contribution in [3.8, 4) is 5.69 Å². The average Bonchev–Trinajstić information content (AvgIpc) is 3.09. The minimum Gasteiger partial charge on any atom is -0.339 e. The van der Waals surface area contributed by atoms with E-state index in [1.807, 2.05) is 36.2 Å². The molecule has 0 bridgehead atoms. The molecule has 3 rings (SSSR count). The molecule has 0 unspecified atom stereocenters. The molecule has 21 heavy (non-hydrogen) atoms. The highest BCUT2D eigenvalue weighted by molar-refractivity contribution is 5.94. The molecular weight excluding hydrogens is 268 g/mol. The molecule has 1 N–H and O–H groups in total. The van der Waals surface area contributed by atoms with E-state index in [0.29, 0.717) is 11.6 Å². The van der Waals surface area contributed by atoms with E-state index in [4.69, 9.17) is 0 Å². The van der Waals surface area contributed by atoms with Crippen LogP contribution in [0.5, 0.6) is 0 Å². The lowest BCUT2D eigenvalue weighted by Crippen LogP contribution is -2.43. The second-order valence-corrected chi connectivity index (χ2v) is 5.20. The summed E-state index contributed by atoms with van der Waals surface area (Å²) in [5, 5.41) is 14.4. The molecule has 0 radical (unpaired) electrons. The van der Waals surface area contributed by atoms with Crippen molar-refractivity contribution in [2.24, 2.45) is 0 Å². The molecule has 0 aliphatic carbocycles. The van der Waals surface area contributed by atoms with E-state index in [2.05, 4.69) is 20.8 Å². The Kier molecular flexibility index (Phi) is 3.92. The van der Waals surface area contributed by atoms with E-state index in [9.17, 15) is 4.79 Å². The smallest absolute Gasteiger partial charge is 0.253 e. The minimum absolute atomic E-state index is 0.0387. The normalized spacial score (nSPS) is 15.9. The molecule has 1 amide bonds. The molecule has 0 saturated carbocycles. The van der Waals surface area contributed by atoms with Crippen molar-refractivity contribution in [3.05, 3.63) is 36.2 Å². The van der Waals surface area contributed by atoms with E-state index in [0.717, 1.165) is 31.6 Å². The highest BCUT2D eigenvalue weighted by Crippen LogP contribution is 2.15. The van der Waals surface area contributed by atoms with Crippen molar-refractivity contribution in [1.82, 2.24) is 30.4 Å². The Labute approximate surface area is 122 Å².